The first-order valence-electron chi connectivity index (χ1n) is 3.41. The van der Waals surface area contributed by atoms with Crippen molar-refractivity contribution in [2.75, 3.05) is 0 Å². The topological polar surface area (TPSA) is 53.0 Å². The van der Waals surface area contributed by atoms with Crippen LogP contribution in [0.2, 0.25) is 0 Å². The Hall–Kier alpha value is -1.06. The minimum atomic E-state index is -0.355. The minimum Gasteiger partial charge on any atom is -0.539 e. The number of rotatable bonds is 1. The van der Waals surface area contributed by atoms with Gasteiger partial charge in [0.1, 0.15) is 5.95 Å². The van der Waals surface area contributed by atoms with E-state index < -0.39 is 0 Å². The Morgan fingerprint density at radius 2 is 2.50 bits per heavy atom. The molecule has 4 nitrogen and oxygen atoms in total. The van der Waals surface area contributed by atoms with Crippen LogP contribution in [0.15, 0.2) is 10.7 Å². The van der Waals surface area contributed by atoms with E-state index in [0.29, 0.717) is 6.04 Å². The van der Waals surface area contributed by atoms with Crippen LogP contribution in [0.5, 0.6) is 5.95 Å². The lowest BCUT2D eigenvalue weighted by Crippen LogP contribution is -2.44. The molecule has 0 aromatic carbocycles. The van der Waals surface area contributed by atoms with Gasteiger partial charge < -0.3 is 9.63 Å². The van der Waals surface area contributed by atoms with Gasteiger partial charge in [0.25, 0.3) is 0 Å². The molecular weight excluding hydrogens is 132 g/mol. The summed E-state index contributed by atoms with van der Waals surface area (Å²) in [6.07, 6.45) is 4.88. The van der Waals surface area contributed by atoms with Crippen molar-refractivity contribution in [1.82, 2.24) is 5.27 Å². The van der Waals surface area contributed by atoms with Crippen LogP contribution in [0.25, 0.3) is 0 Å². The highest BCUT2D eigenvalue weighted by atomic mass is 16.6. The summed E-state index contributed by atoms with van der Waals surface area (Å²) in [4.78, 5) is 0. The molecule has 10 heavy (non-hydrogen) atoms. The Morgan fingerprint density at radius 3 is 2.90 bits per heavy atom. The Kier molecular flexibility index (Phi) is 1.12. The molecule has 0 bridgehead atoms. The van der Waals surface area contributed by atoms with Gasteiger partial charge in [-0.2, -0.15) is 0 Å². The van der Waals surface area contributed by atoms with Crippen molar-refractivity contribution in [3.8, 4) is 5.95 Å². The molecule has 1 heterocycles. The van der Waals surface area contributed by atoms with E-state index in [0.717, 1.165) is 12.8 Å². The smallest absolute Gasteiger partial charge is 0.221 e. The molecule has 4 heteroatoms. The van der Waals surface area contributed by atoms with Gasteiger partial charge in [0.2, 0.25) is 6.20 Å². The lowest BCUT2D eigenvalue weighted by Gasteiger charge is -2.15. The number of nitrogens with zero attached hydrogens (tertiary/aromatic N) is 2. The molecule has 0 unspecified atom stereocenters. The van der Waals surface area contributed by atoms with Crippen LogP contribution in [0.3, 0.4) is 0 Å². The Bertz CT molecular complexity index is 229. The molecule has 54 valence electrons. The van der Waals surface area contributed by atoms with Crippen molar-refractivity contribution >= 4 is 0 Å². The van der Waals surface area contributed by atoms with E-state index >= 15 is 0 Å². The summed E-state index contributed by atoms with van der Waals surface area (Å²) in [7, 11) is 0. The highest BCUT2D eigenvalue weighted by Crippen LogP contribution is 2.25. The van der Waals surface area contributed by atoms with Gasteiger partial charge in [-0.3, -0.25) is 0 Å². The Labute approximate surface area is 58.0 Å². The second-order valence-corrected chi connectivity index (χ2v) is 2.59. The molecule has 0 atom stereocenters. The number of hydrogen-bond acceptors (Lipinski definition) is 3. The third kappa shape index (κ3) is 0.761. The van der Waals surface area contributed by atoms with Crippen molar-refractivity contribution in [3.05, 3.63) is 6.20 Å². The van der Waals surface area contributed by atoms with Crippen molar-refractivity contribution in [2.24, 2.45) is 0 Å². The Morgan fingerprint density at radius 1 is 1.70 bits per heavy atom. The first-order chi connectivity index (χ1) is 4.86. The molecule has 0 spiro atoms. The fourth-order valence-electron chi connectivity index (χ4n) is 1.07. The maximum Gasteiger partial charge on any atom is 0.221 e. The molecule has 1 aliphatic carbocycles. The zero-order valence-electron chi connectivity index (χ0n) is 5.49. The minimum absolute atomic E-state index is 0.355. The molecule has 1 saturated carbocycles. The molecule has 0 amide bonds. The Balaban J connectivity index is 2.17. The van der Waals surface area contributed by atoms with Crippen LogP contribution in [0, 0.1) is 0 Å². The molecule has 1 aromatic rings. The molecular formula is C6H8N2O2. The zero-order chi connectivity index (χ0) is 6.97. The first-order valence-corrected chi connectivity index (χ1v) is 3.41. The summed E-state index contributed by atoms with van der Waals surface area (Å²) in [6.45, 7) is 0. The normalized spacial score (nSPS) is 18.8. The molecule has 1 fully saturated rings. The third-order valence-corrected chi connectivity index (χ3v) is 1.91. The summed E-state index contributed by atoms with van der Waals surface area (Å²) in [6, 6.07) is 0.423. The van der Waals surface area contributed by atoms with Crippen LogP contribution in [0.1, 0.15) is 25.3 Å². The van der Waals surface area contributed by atoms with E-state index in [1.165, 1.54) is 12.6 Å². The fourth-order valence-corrected chi connectivity index (χ4v) is 1.07. The van der Waals surface area contributed by atoms with Gasteiger partial charge in [-0.05, 0) is 6.42 Å². The first kappa shape index (κ1) is 5.70. The summed E-state index contributed by atoms with van der Waals surface area (Å²) in [5.41, 5.74) is 0. The van der Waals surface area contributed by atoms with Gasteiger partial charge >= 0.3 is 0 Å². The monoisotopic (exact) mass is 140 g/mol. The van der Waals surface area contributed by atoms with Gasteiger partial charge in [0, 0.05) is 12.8 Å². The van der Waals surface area contributed by atoms with E-state index in [1.807, 2.05) is 0 Å². The molecule has 0 radical (unpaired) electrons. The lowest BCUT2D eigenvalue weighted by molar-refractivity contribution is -0.793. The maximum atomic E-state index is 10.5. The highest BCUT2D eigenvalue weighted by molar-refractivity contribution is 4.81. The van der Waals surface area contributed by atoms with Crippen LogP contribution in [-0.2, 0) is 0 Å². The van der Waals surface area contributed by atoms with Gasteiger partial charge in [-0.15, -0.1) is 0 Å². The van der Waals surface area contributed by atoms with E-state index in [-0.39, 0.29) is 5.95 Å². The lowest BCUT2D eigenvalue weighted by atomic mass is 9.93. The average Bonchev–Trinajstić information content (AvgIpc) is 2.10. The zero-order valence-corrected chi connectivity index (χ0v) is 5.49. The fraction of sp³-hybridized carbons (Fsp3) is 0.667. The number of aromatic nitrogens is 2. The van der Waals surface area contributed by atoms with Crippen molar-refractivity contribution < 1.29 is 14.3 Å². The summed E-state index contributed by atoms with van der Waals surface area (Å²) >= 11 is 0. The van der Waals surface area contributed by atoms with E-state index in [1.54, 1.807) is 4.68 Å². The molecule has 0 saturated heterocycles. The van der Waals surface area contributed by atoms with Crippen molar-refractivity contribution in [2.45, 2.75) is 25.3 Å². The maximum absolute atomic E-state index is 10.5. The molecule has 2 rings (SSSR count). The van der Waals surface area contributed by atoms with E-state index in [4.69, 9.17) is 0 Å². The van der Waals surface area contributed by atoms with Crippen LogP contribution >= 0.6 is 0 Å². The van der Waals surface area contributed by atoms with Crippen LogP contribution in [-0.4, -0.2) is 5.27 Å². The van der Waals surface area contributed by atoms with Gasteiger partial charge in [-0.25, -0.2) is 0 Å². The molecule has 0 aliphatic heterocycles. The standard InChI is InChI=1S/C6H8N2O2/c9-6-4-8(7-10-6)5-2-1-3-5/h4-5H,1-3H2. The average molecular weight is 140 g/mol. The summed E-state index contributed by atoms with van der Waals surface area (Å²) < 4.78 is 6.00. The molecule has 0 N–H and O–H groups in total. The highest BCUT2D eigenvalue weighted by Gasteiger charge is 2.28. The van der Waals surface area contributed by atoms with Gasteiger partial charge in [0.15, 0.2) is 6.04 Å². The SMILES string of the molecule is [O-]c1c[n+](C2CCC2)no1. The molecule has 1 aliphatic rings. The molecule has 1 aromatic heterocycles. The van der Waals surface area contributed by atoms with E-state index in [2.05, 4.69) is 9.79 Å². The predicted octanol–water partition coefficient (Wildman–Crippen LogP) is -0.239. The largest absolute Gasteiger partial charge is 0.539 e. The second kappa shape index (κ2) is 1.97. The van der Waals surface area contributed by atoms with Crippen LogP contribution in [0.4, 0.5) is 0 Å². The number of hydrogen-bond donors (Lipinski definition) is 0. The van der Waals surface area contributed by atoms with E-state index in [9.17, 15) is 5.11 Å². The van der Waals surface area contributed by atoms with Crippen LogP contribution < -0.4 is 9.79 Å². The summed E-state index contributed by atoms with van der Waals surface area (Å²) in [5.74, 6) is -0.355. The quantitative estimate of drug-likeness (QED) is 0.506. The van der Waals surface area contributed by atoms with Gasteiger partial charge in [-0.1, -0.05) is 4.68 Å². The predicted molar refractivity (Wildman–Crippen MR) is 29.0 cm³/mol. The third-order valence-electron chi connectivity index (χ3n) is 1.91. The summed E-state index contributed by atoms with van der Waals surface area (Å²) in [5, 5.41) is 14.1. The van der Waals surface area contributed by atoms with Gasteiger partial charge in [0.05, 0.1) is 5.27 Å². The van der Waals surface area contributed by atoms with Crippen molar-refractivity contribution in [1.29, 1.82) is 0 Å². The van der Waals surface area contributed by atoms with Crippen molar-refractivity contribution in [3.63, 3.8) is 0 Å². The second-order valence-electron chi connectivity index (χ2n) is 2.59.